The van der Waals surface area contributed by atoms with E-state index in [1.54, 1.807) is 0 Å². The number of aromatic nitrogens is 3. The van der Waals surface area contributed by atoms with E-state index in [2.05, 4.69) is 10.1 Å². The van der Waals surface area contributed by atoms with Gasteiger partial charge in [0.25, 0.3) is 0 Å². The van der Waals surface area contributed by atoms with Crippen molar-refractivity contribution in [2.45, 2.75) is 6.18 Å². The first-order valence-corrected chi connectivity index (χ1v) is 4.44. The number of hydrogen-bond donors (Lipinski definition) is 1. The van der Waals surface area contributed by atoms with Gasteiger partial charge in [0, 0.05) is 13.2 Å². The molecule has 17 heavy (non-hydrogen) atoms. The molecule has 0 bridgehead atoms. The monoisotopic (exact) mass is 245 g/mol. The number of rotatable bonds is 1. The molecule has 90 valence electrons. The first-order valence-electron chi connectivity index (χ1n) is 4.44. The van der Waals surface area contributed by atoms with Crippen molar-refractivity contribution in [3.63, 3.8) is 0 Å². The van der Waals surface area contributed by atoms with Gasteiger partial charge in [-0.05, 0) is 6.07 Å². The smallest absolute Gasteiger partial charge is 0.437 e. The van der Waals surface area contributed by atoms with Gasteiger partial charge in [-0.2, -0.15) is 18.3 Å². The summed E-state index contributed by atoms with van der Waals surface area (Å²) in [5, 5.41) is 12.0. The lowest BCUT2D eigenvalue weighted by Crippen LogP contribution is -2.07. The van der Waals surface area contributed by atoms with Crippen molar-refractivity contribution in [1.29, 1.82) is 0 Å². The highest BCUT2D eigenvalue weighted by atomic mass is 19.4. The number of fused-ring (bicyclic) bond motifs is 1. The summed E-state index contributed by atoms with van der Waals surface area (Å²) in [7, 11) is 1.30. The van der Waals surface area contributed by atoms with Crippen LogP contribution in [-0.2, 0) is 13.2 Å². The van der Waals surface area contributed by atoms with Crippen LogP contribution in [0.2, 0.25) is 0 Å². The molecule has 1 N–H and O–H groups in total. The summed E-state index contributed by atoms with van der Waals surface area (Å²) in [5.41, 5.74) is -1.64. The molecule has 0 aliphatic heterocycles. The van der Waals surface area contributed by atoms with Gasteiger partial charge in [-0.15, -0.1) is 0 Å². The summed E-state index contributed by atoms with van der Waals surface area (Å²) in [6, 6.07) is 1.10. The van der Waals surface area contributed by atoms with E-state index in [-0.39, 0.29) is 16.6 Å². The number of nitrogens with zero attached hydrogens (tertiary/aromatic N) is 3. The van der Waals surface area contributed by atoms with Crippen LogP contribution in [0.5, 0.6) is 0 Å². The van der Waals surface area contributed by atoms with Gasteiger partial charge in [-0.1, -0.05) is 0 Å². The summed E-state index contributed by atoms with van der Waals surface area (Å²) in [6.07, 6.45) is -3.74. The van der Waals surface area contributed by atoms with Crippen LogP contribution in [-0.4, -0.2) is 25.8 Å². The fraction of sp³-hybridized carbons (Fsp3) is 0.222. The Kier molecular flexibility index (Phi) is 2.30. The minimum atomic E-state index is -4.61. The molecule has 0 aromatic carbocycles. The van der Waals surface area contributed by atoms with E-state index in [9.17, 15) is 18.0 Å². The molecule has 0 unspecified atom stereocenters. The molecule has 8 heteroatoms. The van der Waals surface area contributed by atoms with Crippen molar-refractivity contribution in [1.82, 2.24) is 14.8 Å². The third-order valence-electron chi connectivity index (χ3n) is 2.21. The van der Waals surface area contributed by atoms with Gasteiger partial charge in [0.2, 0.25) is 0 Å². The lowest BCUT2D eigenvalue weighted by atomic mass is 10.2. The Morgan fingerprint density at radius 2 is 2.12 bits per heavy atom. The van der Waals surface area contributed by atoms with E-state index in [4.69, 9.17) is 5.11 Å². The van der Waals surface area contributed by atoms with Crippen molar-refractivity contribution in [2.24, 2.45) is 7.05 Å². The number of carboxylic acid groups (broad SMARTS) is 1. The summed E-state index contributed by atoms with van der Waals surface area (Å²) in [4.78, 5) is 14.2. The van der Waals surface area contributed by atoms with Crippen LogP contribution in [0, 0.1) is 0 Å². The second-order valence-electron chi connectivity index (χ2n) is 3.37. The topological polar surface area (TPSA) is 68.0 Å². The lowest BCUT2D eigenvalue weighted by Gasteiger charge is -2.01. The Bertz CT molecular complexity index is 603. The number of alkyl halides is 3. The summed E-state index contributed by atoms with van der Waals surface area (Å²) in [6.45, 7) is 0. The molecule has 2 heterocycles. The molecule has 0 spiro atoms. The SMILES string of the molecule is Cn1nc(C(F)(F)F)c2ncc(C(=O)O)cc21. The van der Waals surface area contributed by atoms with Crippen LogP contribution < -0.4 is 0 Å². The van der Waals surface area contributed by atoms with Gasteiger partial charge in [-0.3, -0.25) is 9.67 Å². The van der Waals surface area contributed by atoms with E-state index in [1.165, 1.54) is 7.05 Å². The van der Waals surface area contributed by atoms with Crippen molar-refractivity contribution in [3.8, 4) is 0 Å². The zero-order chi connectivity index (χ0) is 12.8. The van der Waals surface area contributed by atoms with Crippen LogP contribution in [0.4, 0.5) is 13.2 Å². The van der Waals surface area contributed by atoms with Crippen LogP contribution in [0.1, 0.15) is 16.1 Å². The standard InChI is InChI=1S/C9H6F3N3O2/c1-15-5-2-4(8(16)17)3-13-6(5)7(14-15)9(10,11)12/h2-3H,1H3,(H,16,17). The number of aromatic carboxylic acids is 1. The highest BCUT2D eigenvalue weighted by Crippen LogP contribution is 2.32. The summed E-state index contributed by atoms with van der Waals surface area (Å²) in [5.74, 6) is -1.26. The van der Waals surface area contributed by atoms with Crippen molar-refractivity contribution < 1.29 is 23.1 Å². The highest BCUT2D eigenvalue weighted by Gasteiger charge is 2.37. The molecule has 0 amide bonds. The molecule has 5 nitrogen and oxygen atoms in total. The maximum atomic E-state index is 12.6. The second kappa shape index (κ2) is 3.44. The third kappa shape index (κ3) is 1.81. The first kappa shape index (κ1) is 11.4. The Hall–Kier alpha value is -2.12. The maximum Gasteiger partial charge on any atom is 0.437 e. The number of aryl methyl sites for hydroxylation is 1. The van der Waals surface area contributed by atoms with Crippen LogP contribution in [0.25, 0.3) is 11.0 Å². The van der Waals surface area contributed by atoms with Crippen LogP contribution >= 0.6 is 0 Å². The Balaban J connectivity index is 2.74. The van der Waals surface area contributed by atoms with Gasteiger partial charge in [-0.25, -0.2) is 4.79 Å². The number of halogens is 3. The number of carboxylic acids is 1. The van der Waals surface area contributed by atoms with E-state index in [1.807, 2.05) is 0 Å². The van der Waals surface area contributed by atoms with Crippen LogP contribution in [0.3, 0.4) is 0 Å². The summed E-state index contributed by atoms with van der Waals surface area (Å²) >= 11 is 0. The molecule has 0 saturated heterocycles. The Labute approximate surface area is 92.5 Å². The van der Waals surface area contributed by atoms with Gasteiger partial charge >= 0.3 is 12.1 Å². The average molecular weight is 245 g/mol. The van der Waals surface area contributed by atoms with Gasteiger partial charge in [0.05, 0.1) is 11.1 Å². The molecule has 2 aromatic heterocycles. The first-order chi connectivity index (χ1) is 7.80. The fourth-order valence-electron chi connectivity index (χ4n) is 1.44. The molecule has 0 atom stereocenters. The number of carbonyl (C=O) groups is 1. The molecule has 0 aliphatic carbocycles. The molecule has 2 rings (SSSR count). The van der Waals surface area contributed by atoms with E-state index in [0.717, 1.165) is 16.9 Å². The largest absolute Gasteiger partial charge is 0.478 e. The van der Waals surface area contributed by atoms with Gasteiger partial charge in [0.15, 0.2) is 5.69 Å². The maximum absolute atomic E-state index is 12.6. The van der Waals surface area contributed by atoms with E-state index in [0.29, 0.717) is 0 Å². The van der Waals surface area contributed by atoms with E-state index < -0.39 is 17.8 Å². The van der Waals surface area contributed by atoms with Crippen molar-refractivity contribution in [3.05, 3.63) is 23.5 Å². The molecule has 0 saturated carbocycles. The predicted molar refractivity (Wildman–Crippen MR) is 50.5 cm³/mol. The van der Waals surface area contributed by atoms with Crippen molar-refractivity contribution >= 4 is 17.0 Å². The molecule has 0 fully saturated rings. The Morgan fingerprint density at radius 3 is 2.65 bits per heavy atom. The van der Waals surface area contributed by atoms with Gasteiger partial charge in [0.1, 0.15) is 5.52 Å². The second-order valence-corrected chi connectivity index (χ2v) is 3.37. The lowest BCUT2D eigenvalue weighted by molar-refractivity contribution is -0.140. The molecule has 0 radical (unpaired) electrons. The minimum absolute atomic E-state index is 0.0252. The number of hydrogen-bond acceptors (Lipinski definition) is 3. The fourth-order valence-corrected chi connectivity index (χ4v) is 1.44. The average Bonchev–Trinajstić information content (AvgIpc) is 2.55. The van der Waals surface area contributed by atoms with E-state index >= 15 is 0 Å². The minimum Gasteiger partial charge on any atom is -0.478 e. The normalized spacial score (nSPS) is 12.0. The van der Waals surface area contributed by atoms with Crippen molar-refractivity contribution in [2.75, 3.05) is 0 Å². The van der Waals surface area contributed by atoms with Crippen LogP contribution in [0.15, 0.2) is 12.3 Å². The molecular weight excluding hydrogens is 239 g/mol. The predicted octanol–water partition coefficient (Wildman–Crippen LogP) is 1.69. The Morgan fingerprint density at radius 1 is 1.47 bits per heavy atom. The quantitative estimate of drug-likeness (QED) is 0.830. The highest BCUT2D eigenvalue weighted by molar-refractivity contribution is 5.92. The zero-order valence-corrected chi connectivity index (χ0v) is 8.49. The number of pyridine rings is 1. The molecular formula is C9H6F3N3O2. The summed E-state index contributed by atoms with van der Waals surface area (Å²) < 4.78 is 38.6. The zero-order valence-electron chi connectivity index (χ0n) is 8.49. The third-order valence-corrected chi connectivity index (χ3v) is 2.21. The van der Waals surface area contributed by atoms with Gasteiger partial charge < -0.3 is 5.11 Å². The molecule has 0 aliphatic rings. The molecule has 2 aromatic rings.